The highest BCUT2D eigenvalue weighted by Gasteiger charge is 2.29. The lowest BCUT2D eigenvalue weighted by atomic mass is 10.00. The quantitative estimate of drug-likeness (QED) is 0.456. The predicted octanol–water partition coefficient (Wildman–Crippen LogP) is 3.92. The maximum atomic E-state index is 12.8. The molecule has 158 valence electrons. The number of hydrogen-bond acceptors (Lipinski definition) is 5. The number of nitriles is 1. The molecule has 1 heterocycles. The summed E-state index contributed by atoms with van der Waals surface area (Å²) in [6.07, 6.45) is 1.10. The number of carboxylic acids is 1. The van der Waals surface area contributed by atoms with Crippen molar-refractivity contribution in [2.45, 2.75) is 12.6 Å². The Hall–Kier alpha value is -3.46. The average molecular weight is 435 g/mol. The molecular weight excluding hydrogens is 413 g/mol. The summed E-state index contributed by atoms with van der Waals surface area (Å²) in [6.45, 7) is 0. The minimum Gasteiger partial charge on any atom is -0.481 e. The third kappa shape index (κ3) is 6.02. The molecule has 3 aromatic rings. The van der Waals surface area contributed by atoms with Gasteiger partial charge in [-0.05, 0) is 40.8 Å². The number of carbonyl (C=O) groups is 1. The third-order valence-corrected chi connectivity index (χ3v) is 6.80. The number of aromatic nitrogens is 1. The predicted molar refractivity (Wildman–Crippen MR) is 118 cm³/mol. The summed E-state index contributed by atoms with van der Waals surface area (Å²) < 4.78 is 12.8. The van der Waals surface area contributed by atoms with Gasteiger partial charge in [0.2, 0.25) is 7.37 Å². The van der Waals surface area contributed by atoms with Crippen LogP contribution >= 0.6 is 7.37 Å². The number of carboxylic acid groups (broad SMARTS) is 1. The minimum atomic E-state index is -3.75. The molecule has 0 spiro atoms. The van der Waals surface area contributed by atoms with Gasteiger partial charge < -0.3 is 15.7 Å². The van der Waals surface area contributed by atoms with E-state index in [0.717, 1.165) is 11.1 Å². The number of benzene rings is 2. The van der Waals surface area contributed by atoms with E-state index in [4.69, 9.17) is 5.73 Å². The van der Waals surface area contributed by atoms with Gasteiger partial charge in [-0.15, -0.1) is 0 Å². The van der Waals surface area contributed by atoms with Crippen molar-refractivity contribution in [2.24, 2.45) is 5.92 Å². The van der Waals surface area contributed by atoms with Crippen molar-refractivity contribution in [1.82, 2.24) is 4.98 Å². The molecule has 7 nitrogen and oxygen atoms in total. The number of nitrogens with two attached hydrogens (primary N) is 1. The van der Waals surface area contributed by atoms with E-state index in [1.54, 1.807) is 48.5 Å². The highest BCUT2D eigenvalue weighted by molar-refractivity contribution is 7.57. The number of anilines is 1. The minimum absolute atomic E-state index is 0.0943. The van der Waals surface area contributed by atoms with Crippen LogP contribution < -0.4 is 5.73 Å². The van der Waals surface area contributed by atoms with Crippen molar-refractivity contribution >= 4 is 19.2 Å². The molecule has 3 rings (SSSR count). The summed E-state index contributed by atoms with van der Waals surface area (Å²) in [4.78, 5) is 26.1. The zero-order valence-electron chi connectivity index (χ0n) is 16.7. The first kappa shape index (κ1) is 22.2. The van der Waals surface area contributed by atoms with Crippen LogP contribution in [-0.2, 0) is 21.9 Å². The number of hydrogen-bond donors (Lipinski definition) is 3. The lowest BCUT2D eigenvalue weighted by molar-refractivity contribution is -0.141. The molecule has 4 N–H and O–H groups in total. The van der Waals surface area contributed by atoms with Crippen LogP contribution in [-0.4, -0.2) is 27.1 Å². The molecular formula is C23H22N3O4P. The number of rotatable bonds is 8. The van der Waals surface area contributed by atoms with Crippen molar-refractivity contribution in [3.63, 3.8) is 0 Å². The smallest absolute Gasteiger partial charge is 0.307 e. The molecule has 0 aliphatic carbocycles. The fourth-order valence-electron chi connectivity index (χ4n) is 3.39. The molecule has 0 saturated carbocycles. The monoisotopic (exact) mass is 435 g/mol. The van der Waals surface area contributed by atoms with Gasteiger partial charge >= 0.3 is 5.97 Å². The van der Waals surface area contributed by atoms with E-state index in [-0.39, 0.29) is 18.7 Å². The van der Waals surface area contributed by atoms with E-state index in [2.05, 4.69) is 11.1 Å². The van der Waals surface area contributed by atoms with E-state index in [1.807, 2.05) is 12.1 Å². The number of pyridine rings is 1. The highest BCUT2D eigenvalue weighted by Crippen LogP contribution is 2.47. The normalized spacial score (nSPS) is 13.7. The Morgan fingerprint density at radius 2 is 1.77 bits per heavy atom. The molecule has 0 bridgehead atoms. The fraction of sp³-hybridized carbons (Fsp3) is 0.174. The molecule has 1 aromatic heterocycles. The van der Waals surface area contributed by atoms with Crippen molar-refractivity contribution in [3.8, 4) is 17.2 Å². The van der Waals surface area contributed by atoms with Gasteiger partial charge in [0.15, 0.2) is 0 Å². The lowest BCUT2D eigenvalue weighted by Gasteiger charge is -2.18. The first-order chi connectivity index (χ1) is 14.8. The van der Waals surface area contributed by atoms with Gasteiger partial charge in [-0.25, -0.2) is 4.98 Å². The van der Waals surface area contributed by atoms with Gasteiger partial charge in [0, 0.05) is 18.5 Å². The van der Waals surface area contributed by atoms with E-state index in [9.17, 15) is 24.6 Å². The van der Waals surface area contributed by atoms with E-state index in [1.165, 1.54) is 6.20 Å². The van der Waals surface area contributed by atoms with Gasteiger partial charge in [-0.2, -0.15) is 5.26 Å². The molecule has 0 aliphatic heterocycles. The topological polar surface area (TPSA) is 137 Å². The number of aliphatic carboxylic acids is 1. The fourth-order valence-corrected chi connectivity index (χ4v) is 5.27. The highest BCUT2D eigenvalue weighted by atomic mass is 31.2. The first-order valence-corrected chi connectivity index (χ1v) is 11.6. The Labute approximate surface area is 180 Å². The van der Waals surface area contributed by atoms with Crippen LogP contribution in [0.4, 0.5) is 5.82 Å². The van der Waals surface area contributed by atoms with Crippen molar-refractivity contribution in [1.29, 1.82) is 5.26 Å². The Morgan fingerprint density at radius 3 is 2.39 bits per heavy atom. The molecule has 2 aromatic carbocycles. The zero-order valence-corrected chi connectivity index (χ0v) is 17.6. The molecule has 0 aliphatic rings. The Bertz CT molecular complexity index is 1150. The summed E-state index contributed by atoms with van der Waals surface area (Å²) in [5.41, 5.74) is 8.97. The van der Waals surface area contributed by atoms with E-state index < -0.39 is 19.3 Å². The van der Waals surface area contributed by atoms with Crippen LogP contribution in [0.1, 0.15) is 16.7 Å². The molecule has 0 amide bonds. The summed E-state index contributed by atoms with van der Waals surface area (Å²) in [6, 6.07) is 19.6. The van der Waals surface area contributed by atoms with Crippen LogP contribution in [0.25, 0.3) is 11.1 Å². The second kappa shape index (κ2) is 9.57. The second-order valence-electron chi connectivity index (χ2n) is 7.37. The van der Waals surface area contributed by atoms with E-state index in [0.29, 0.717) is 22.5 Å². The Kier molecular flexibility index (Phi) is 6.86. The molecule has 0 radical (unpaired) electrons. The SMILES string of the molecule is N#Cc1ccccc1-c1ccc(CP(=O)(O)CC(Cc2ccc(N)nc2)C(=O)O)cc1. The van der Waals surface area contributed by atoms with E-state index >= 15 is 0 Å². The van der Waals surface area contributed by atoms with Crippen LogP contribution in [0.2, 0.25) is 0 Å². The first-order valence-electron chi connectivity index (χ1n) is 9.60. The summed E-state index contributed by atoms with van der Waals surface area (Å²) in [7, 11) is -3.75. The molecule has 2 atom stereocenters. The van der Waals surface area contributed by atoms with Gasteiger partial charge in [0.1, 0.15) is 5.82 Å². The summed E-state index contributed by atoms with van der Waals surface area (Å²) >= 11 is 0. The number of nitrogens with zero attached hydrogens (tertiary/aromatic N) is 2. The van der Waals surface area contributed by atoms with Crippen LogP contribution in [0.5, 0.6) is 0 Å². The van der Waals surface area contributed by atoms with Crippen molar-refractivity contribution in [2.75, 3.05) is 11.9 Å². The standard InChI is InChI=1S/C23H22N3O4P/c24-12-19-3-1-2-4-21(19)18-8-5-16(6-9-18)14-31(29,30)15-20(23(27)28)11-17-7-10-22(25)26-13-17/h1-10,13,20H,11,14-15H2,(H2,25,26)(H,27,28)(H,29,30). The molecule has 0 fully saturated rings. The molecule has 8 heteroatoms. The van der Waals surface area contributed by atoms with Gasteiger partial charge in [-0.1, -0.05) is 48.5 Å². The zero-order chi connectivity index (χ0) is 22.4. The number of nitrogen functional groups attached to an aromatic ring is 1. The van der Waals surface area contributed by atoms with Gasteiger partial charge in [0.05, 0.1) is 17.6 Å². The van der Waals surface area contributed by atoms with Crippen LogP contribution in [0, 0.1) is 17.2 Å². The maximum Gasteiger partial charge on any atom is 0.307 e. The third-order valence-electron chi connectivity index (χ3n) is 4.93. The maximum absolute atomic E-state index is 12.8. The second-order valence-corrected chi connectivity index (χ2v) is 9.75. The van der Waals surface area contributed by atoms with Crippen molar-refractivity contribution in [3.05, 3.63) is 83.6 Å². The van der Waals surface area contributed by atoms with Crippen LogP contribution in [0.3, 0.4) is 0 Å². The van der Waals surface area contributed by atoms with Crippen LogP contribution in [0.15, 0.2) is 66.9 Å². The average Bonchev–Trinajstić information content (AvgIpc) is 2.75. The van der Waals surface area contributed by atoms with Crippen molar-refractivity contribution < 1.29 is 19.4 Å². The summed E-state index contributed by atoms with van der Waals surface area (Å²) in [5.74, 6) is -1.82. The van der Waals surface area contributed by atoms with Gasteiger partial charge in [0.25, 0.3) is 0 Å². The molecule has 0 saturated heterocycles. The Balaban J connectivity index is 1.71. The summed E-state index contributed by atoms with van der Waals surface area (Å²) in [5, 5.41) is 18.8. The molecule has 2 unspecified atom stereocenters. The molecule has 31 heavy (non-hydrogen) atoms. The van der Waals surface area contributed by atoms with Gasteiger partial charge in [-0.3, -0.25) is 9.36 Å². The Morgan fingerprint density at radius 1 is 1.10 bits per heavy atom. The largest absolute Gasteiger partial charge is 0.481 e. The lowest BCUT2D eigenvalue weighted by Crippen LogP contribution is -2.21.